The van der Waals surface area contributed by atoms with Crippen molar-refractivity contribution in [2.45, 2.75) is 13.3 Å². The van der Waals surface area contributed by atoms with Crippen molar-refractivity contribution in [1.82, 2.24) is 0 Å². The van der Waals surface area contributed by atoms with Gasteiger partial charge in [0.05, 0.1) is 0 Å². The molecular weight excluding hydrogens is 243 g/mol. The highest BCUT2D eigenvalue weighted by Crippen LogP contribution is 2.30. The van der Waals surface area contributed by atoms with Gasteiger partial charge in [-0.1, -0.05) is 42.5 Å². The number of halogens is 2. The zero-order valence-corrected chi connectivity index (χ0v) is 11.0. The van der Waals surface area contributed by atoms with E-state index in [0.29, 0.717) is 0 Å². The Morgan fingerprint density at radius 3 is 2.53 bits per heavy atom. The van der Waals surface area contributed by atoms with Gasteiger partial charge >= 0.3 is 6.69 Å². The molecular formula is C12H12Cl2Si. The molecule has 0 saturated heterocycles. The standard InChI is InChI=1S/C12H12Cl2Si/c1-10-6-2-5-9-12(10)15(13,14)11-7-3-4-8-11/h2-7,9H,8H2,1H3. The quantitative estimate of drug-likeness (QED) is 0.560. The summed E-state index contributed by atoms with van der Waals surface area (Å²) in [5.41, 5.74) is 1.18. The first-order valence-electron chi connectivity index (χ1n) is 4.92. The van der Waals surface area contributed by atoms with Gasteiger partial charge in [-0.2, -0.15) is 0 Å². The van der Waals surface area contributed by atoms with Crippen LogP contribution in [0.5, 0.6) is 0 Å². The van der Waals surface area contributed by atoms with Crippen LogP contribution in [0.2, 0.25) is 0 Å². The maximum Gasteiger partial charge on any atom is 0.307 e. The summed E-state index contributed by atoms with van der Waals surface area (Å²) in [7, 11) is 0. The normalized spacial score (nSPS) is 15.5. The molecule has 2 rings (SSSR count). The molecule has 0 unspecified atom stereocenters. The lowest BCUT2D eigenvalue weighted by atomic mass is 10.2. The van der Waals surface area contributed by atoms with Crippen molar-refractivity contribution in [3.8, 4) is 0 Å². The van der Waals surface area contributed by atoms with Crippen LogP contribution in [0.3, 0.4) is 0 Å². The van der Waals surface area contributed by atoms with Crippen molar-refractivity contribution in [2.75, 3.05) is 0 Å². The van der Waals surface area contributed by atoms with Crippen molar-refractivity contribution in [3.63, 3.8) is 0 Å². The van der Waals surface area contributed by atoms with E-state index in [-0.39, 0.29) is 0 Å². The fourth-order valence-electron chi connectivity index (χ4n) is 1.78. The summed E-state index contributed by atoms with van der Waals surface area (Å²) in [6.45, 7) is -0.388. The molecule has 0 atom stereocenters. The van der Waals surface area contributed by atoms with Crippen LogP contribution in [0, 0.1) is 6.92 Å². The van der Waals surface area contributed by atoms with Gasteiger partial charge in [-0.05, 0) is 29.3 Å². The molecule has 0 bridgehead atoms. The Balaban J connectivity index is 2.41. The Morgan fingerprint density at radius 2 is 1.93 bits per heavy atom. The summed E-state index contributed by atoms with van der Waals surface area (Å²) in [6.07, 6.45) is 7.08. The van der Waals surface area contributed by atoms with Crippen LogP contribution in [0.1, 0.15) is 12.0 Å². The first kappa shape index (κ1) is 11.0. The summed E-state index contributed by atoms with van der Waals surface area (Å²) in [5.74, 6) is 0. The van der Waals surface area contributed by atoms with Crippen molar-refractivity contribution >= 4 is 34.0 Å². The lowest BCUT2D eigenvalue weighted by Gasteiger charge is -2.20. The Hall–Kier alpha value is -0.503. The monoisotopic (exact) mass is 254 g/mol. The van der Waals surface area contributed by atoms with Gasteiger partial charge in [0, 0.05) is 0 Å². The van der Waals surface area contributed by atoms with Crippen LogP contribution in [-0.4, -0.2) is 6.69 Å². The van der Waals surface area contributed by atoms with Crippen LogP contribution < -0.4 is 5.19 Å². The molecule has 0 amide bonds. The molecule has 1 aliphatic carbocycles. The number of benzene rings is 1. The molecule has 1 aliphatic rings. The molecule has 0 aliphatic heterocycles. The van der Waals surface area contributed by atoms with Crippen molar-refractivity contribution in [3.05, 3.63) is 53.3 Å². The average molecular weight is 255 g/mol. The SMILES string of the molecule is Cc1ccccc1[Si](Cl)(Cl)C1=CC=CC1. The predicted molar refractivity (Wildman–Crippen MR) is 70.1 cm³/mol. The van der Waals surface area contributed by atoms with Gasteiger partial charge in [0.2, 0.25) is 0 Å². The Kier molecular flexibility index (Phi) is 3.05. The van der Waals surface area contributed by atoms with E-state index < -0.39 is 6.69 Å². The predicted octanol–water partition coefficient (Wildman–Crippen LogP) is 3.55. The third-order valence-electron chi connectivity index (χ3n) is 2.66. The first-order chi connectivity index (χ1) is 7.12. The maximum atomic E-state index is 6.57. The third-order valence-corrected chi connectivity index (χ3v) is 7.75. The summed E-state index contributed by atoms with van der Waals surface area (Å²) >= 11 is 13.1. The minimum absolute atomic E-state index is 0.896. The van der Waals surface area contributed by atoms with Crippen molar-refractivity contribution < 1.29 is 0 Å². The molecule has 0 aromatic heterocycles. The fourth-order valence-corrected chi connectivity index (χ4v) is 5.80. The minimum Gasteiger partial charge on any atom is -0.134 e. The molecule has 0 nitrogen and oxygen atoms in total. The average Bonchev–Trinajstić information content (AvgIpc) is 2.71. The maximum absolute atomic E-state index is 6.57. The molecule has 1 aromatic carbocycles. The van der Waals surface area contributed by atoms with Gasteiger partial charge < -0.3 is 0 Å². The van der Waals surface area contributed by atoms with Crippen LogP contribution in [-0.2, 0) is 0 Å². The van der Waals surface area contributed by atoms with E-state index in [0.717, 1.165) is 11.6 Å². The number of hydrogen-bond donors (Lipinski definition) is 0. The van der Waals surface area contributed by atoms with Crippen molar-refractivity contribution in [2.24, 2.45) is 0 Å². The van der Waals surface area contributed by atoms with Crippen molar-refractivity contribution in [1.29, 1.82) is 0 Å². The second-order valence-corrected chi connectivity index (χ2v) is 10.0. The highest BCUT2D eigenvalue weighted by molar-refractivity contribution is 7.54. The van der Waals surface area contributed by atoms with E-state index in [4.69, 9.17) is 22.2 Å². The van der Waals surface area contributed by atoms with Gasteiger partial charge in [-0.25, -0.2) is 0 Å². The topological polar surface area (TPSA) is 0 Å². The lowest BCUT2D eigenvalue weighted by Crippen LogP contribution is -2.40. The highest BCUT2D eigenvalue weighted by Gasteiger charge is 2.36. The minimum atomic E-state index is -2.45. The number of aryl methyl sites for hydroxylation is 1. The molecule has 0 heterocycles. The molecule has 0 radical (unpaired) electrons. The summed E-state index contributed by atoms with van der Waals surface area (Å²) in [5, 5.41) is 2.29. The van der Waals surface area contributed by atoms with Crippen LogP contribution in [0.15, 0.2) is 47.7 Å². The molecule has 0 N–H and O–H groups in total. The van der Waals surface area contributed by atoms with Gasteiger partial charge in [-0.15, -0.1) is 22.2 Å². The van der Waals surface area contributed by atoms with Gasteiger partial charge in [0.15, 0.2) is 0 Å². The first-order valence-corrected chi connectivity index (χ1v) is 8.95. The Morgan fingerprint density at radius 1 is 1.20 bits per heavy atom. The second-order valence-electron chi connectivity index (χ2n) is 3.71. The van der Waals surface area contributed by atoms with Gasteiger partial charge in [0.1, 0.15) is 0 Å². The zero-order chi connectivity index (χ0) is 10.9. The summed E-state index contributed by atoms with van der Waals surface area (Å²) in [4.78, 5) is 0. The van der Waals surface area contributed by atoms with Gasteiger partial charge in [0.25, 0.3) is 0 Å². The van der Waals surface area contributed by atoms with E-state index in [1.54, 1.807) is 0 Å². The summed E-state index contributed by atoms with van der Waals surface area (Å²) in [6, 6.07) is 8.11. The second kappa shape index (κ2) is 4.16. The zero-order valence-electron chi connectivity index (χ0n) is 8.50. The van der Waals surface area contributed by atoms with E-state index in [2.05, 4.69) is 25.1 Å². The molecule has 78 valence electrons. The largest absolute Gasteiger partial charge is 0.307 e. The number of hydrogen-bond acceptors (Lipinski definition) is 0. The smallest absolute Gasteiger partial charge is 0.134 e. The van der Waals surface area contributed by atoms with Crippen LogP contribution in [0.4, 0.5) is 0 Å². The molecule has 0 spiro atoms. The van der Waals surface area contributed by atoms with E-state index in [9.17, 15) is 0 Å². The summed E-state index contributed by atoms with van der Waals surface area (Å²) < 4.78 is 0. The molecule has 1 aromatic rings. The van der Waals surface area contributed by atoms with E-state index >= 15 is 0 Å². The lowest BCUT2D eigenvalue weighted by molar-refractivity contribution is 1.39. The number of rotatable bonds is 2. The Bertz CT molecular complexity index is 433. The molecule has 0 fully saturated rings. The fraction of sp³-hybridized carbons (Fsp3) is 0.167. The molecule has 3 heteroatoms. The third kappa shape index (κ3) is 2.05. The van der Waals surface area contributed by atoms with Crippen LogP contribution >= 0.6 is 22.2 Å². The Labute approximate surface area is 101 Å². The number of allylic oxidation sites excluding steroid dienone is 4. The van der Waals surface area contributed by atoms with E-state index in [1.165, 1.54) is 10.8 Å². The highest BCUT2D eigenvalue weighted by atomic mass is 35.7. The molecule has 0 saturated carbocycles. The molecule has 15 heavy (non-hydrogen) atoms. The van der Waals surface area contributed by atoms with Crippen LogP contribution in [0.25, 0.3) is 0 Å². The van der Waals surface area contributed by atoms with E-state index in [1.807, 2.05) is 24.3 Å². The van der Waals surface area contributed by atoms with Gasteiger partial charge in [-0.3, -0.25) is 0 Å².